The van der Waals surface area contributed by atoms with Crippen LogP contribution in [0.5, 0.6) is 0 Å². The van der Waals surface area contributed by atoms with E-state index in [0.717, 1.165) is 16.7 Å². The maximum Gasteiger partial charge on any atom is 0.252 e. The third kappa shape index (κ3) is 6.31. The minimum absolute atomic E-state index is 0.00237. The maximum atomic E-state index is 12.0. The third-order valence-electron chi connectivity index (χ3n) is 3.39. The third-order valence-corrected chi connectivity index (χ3v) is 4.33. The van der Waals surface area contributed by atoms with Gasteiger partial charge in [0.2, 0.25) is 5.91 Å². The van der Waals surface area contributed by atoms with Crippen LogP contribution in [0.4, 0.5) is 0 Å². The summed E-state index contributed by atoms with van der Waals surface area (Å²) in [6.45, 7) is 8.71. The molecule has 2 N–H and O–H groups in total. The summed E-state index contributed by atoms with van der Waals surface area (Å²) in [4.78, 5) is 26.0. The van der Waals surface area contributed by atoms with Crippen molar-refractivity contribution in [1.82, 2.24) is 15.5 Å². The molecule has 6 heteroatoms. The normalized spacial score (nSPS) is 10.8. The highest BCUT2D eigenvalue weighted by Crippen LogP contribution is 2.10. The number of rotatable bonds is 8. The van der Waals surface area contributed by atoms with E-state index < -0.39 is 0 Å². The Morgan fingerprint density at radius 1 is 1.23 bits per heavy atom. The molecule has 0 bridgehead atoms. The molecule has 22 heavy (non-hydrogen) atoms. The van der Waals surface area contributed by atoms with Gasteiger partial charge in [0.05, 0.1) is 12.1 Å². The Labute approximate surface area is 146 Å². The molecule has 122 valence electrons. The van der Waals surface area contributed by atoms with Gasteiger partial charge < -0.3 is 10.6 Å². The Kier molecular flexibility index (Phi) is 8.40. The van der Waals surface area contributed by atoms with E-state index in [2.05, 4.69) is 58.9 Å². The van der Waals surface area contributed by atoms with Crippen LogP contribution in [0.2, 0.25) is 0 Å². The van der Waals surface area contributed by atoms with E-state index in [1.807, 2.05) is 18.2 Å². The summed E-state index contributed by atoms with van der Waals surface area (Å²) >= 11 is 2.11. The summed E-state index contributed by atoms with van der Waals surface area (Å²) in [6.07, 6.45) is 0. The summed E-state index contributed by atoms with van der Waals surface area (Å²) in [5.41, 5.74) is 0.591. The summed E-state index contributed by atoms with van der Waals surface area (Å²) in [7, 11) is 0. The number of hydrogen-bond acceptors (Lipinski definition) is 3. The van der Waals surface area contributed by atoms with Crippen molar-refractivity contribution < 1.29 is 9.59 Å². The molecule has 5 nitrogen and oxygen atoms in total. The summed E-state index contributed by atoms with van der Waals surface area (Å²) in [5.74, 6) is -0.392. The number of likely N-dealkylation sites (N-methyl/N-ethyl adjacent to an activating group) is 1. The molecule has 0 fully saturated rings. The Balaban J connectivity index is 2.32. The first-order valence-electron chi connectivity index (χ1n) is 7.49. The molecule has 1 rings (SSSR count). The van der Waals surface area contributed by atoms with Crippen LogP contribution >= 0.6 is 22.6 Å². The molecule has 0 radical (unpaired) electrons. The molecule has 0 spiro atoms. The lowest BCUT2D eigenvalue weighted by atomic mass is 10.2. The number of carbonyl (C=O) groups is 2. The average molecular weight is 417 g/mol. The molecule has 0 saturated carbocycles. The summed E-state index contributed by atoms with van der Waals surface area (Å²) in [5, 5.41) is 5.47. The second-order valence-electron chi connectivity index (χ2n) is 5.23. The van der Waals surface area contributed by atoms with Crippen molar-refractivity contribution in [3.8, 4) is 0 Å². The van der Waals surface area contributed by atoms with Gasteiger partial charge in [0.15, 0.2) is 0 Å². The Morgan fingerprint density at radius 2 is 1.91 bits per heavy atom. The predicted octanol–water partition coefficient (Wildman–Crippen LogP) is 1.87. The van der Waals surface area contributed by atoms with Crippen LogP contribution in [-0.4, -0.2) is 48.9 Å². The fourth-order valence-corrected chi connectivity index (χ4v) is 2.72. The van der Waals surface area contributed by atoms with Gasteiger partial charge in [0.1, 0.15) is 0 Å². The van der Waals surface area contributed by atoms with Crippen LogP contribution in [-0.2, 0) is 4.79 Å². The number of carbonyl (C=O) groups excluding carboxylic acids is 2. The zero-order chi connectivity index (χ0) is 16.5. The highest BCUT2D eigenvalue weighted by Gasteiger charge is 2.11. The van der Waals surface area contributed by atoms with Crippen LogP contribution in [0.3, 0.4) is 0 Å². The first-order valence-corrected chi connectivity index (χ1v) is 8.57. The van der Waals surface area contributed by atoms with Gasteiger partial charge in [0, 0.05) is 22.7 Å². The fourth-order valence-electron chi connectivity index (χ4n) is 2.08. The van der Waals surface area contributed by atoms with Gasteiger partial charge in [-0.15, -0.1) is 0 Å². The van der Waals surface area contributed by atoms with Crippen molar-refractivity contribution in [2.75, 3.05) is 26.2 Å². The van der Waals surface area contributed by atoms with Crippen molar-refractivity contribution in [3.05, 3.63) is 33.4 Å². The Bertz CT molecular complexity index is 506. The molecule has 0 atom stereocenters. The minimum atomic E-state index is -0.225. The number of benzene rings is 1. The van der Waals surface area contributed by atoms with Gasteiger partial charge in [-0.05, 0) is 55.1 Å². The smallest absolute Gasteiger partial charge is 0.252 e. The van der Waals surface area contributed by atoms with E-state index in [4.69, 9.17) is 0 Å². The molecule has 0 aliphatic carbocycles. The van der Waals surface area contributed by atoms with Gasteiger partial charge in [-0.1, -0.05) is 19.1 Å². The van der Waals surface area contributed by atoms with Crippen LogP contribution in [0, 0.1) is 3.57 Å². The number of hydrogen-bond donors (Lipinski definition) is 2. The number of nitrogens with one attached hydrogen (secondary N) is 2. The van der Waals surface area contributed by atoms with Crippen molar-refractivity contribution in [1.29, 1.82) is 0 Å². The van der Waals surface area contributed by atoms with Crippen molar-refractivity contribution in [2.24, 2.45) is 0 Å². The topological polar surface area (TPSA) is 61.4 Å². The molecule has 0 heterocycles. The van der Waals surface area contributed by atoms with E-state index in [1.54, 1.807) is 6.07 Å². The molecule has 0 aliphatic heterocycles. The van der Waals surface area contributed by atoms with E-state index >= 15 is 0 Å². The quantitative estimate of drug-likeness (QED) is 0.635. The predicted molar refractivity (Wildman–Crippen MR) is 96.9 cm³/mol. The SMILES string of the molecule is CCN(CCNC(=O)CNC(=O)c1ccccc1I)C(C)C. The van der Waals surface area contributed by atoms with E-state index in [9.17, 15) is 9.59 Å². The van der Waals surface area contributed by atoms with Gasteiger partial charge in [-0.3, -0.25) is 14.5 Å². The van der Waals surface area contributed by atoms with Crippen LogP contribution in [0.25, 0.3) is 0 Å². The molecule has 0 unspecified atom stereocenters. The van der Waals surface area contributed by atoms with Gasteiger partial charge in [0.25, 0.3) is 5.91 Å². The molecular weight excluding hydrogens is 393 g/mol. The Hall–Kier alpha value is -1.15. The van der Waals surface area contributed by atoms with E-state index in [0.29, 0.717) is 18.2 Å². The van der Waals surface area contributed by atoms with Crippen molar-refractivity contribution in [3.63, 3.8) is 0 Å². The largest absolute Gasteiger partial charge is 0.353 e. The van der Waals surface area contributed by atoms with Gasteiger partial charge in [-0.2, -0.15) is 0 Å². The summed E-state index contributed by atoms with van der Waals surface area (Å²) < 4.78 is 0.869. The number of amides is 2. The minimum Gasteiger partial charge on any atom is -0.353 e. The lowest BCUT2D eigenvalue weighted by molar-refractivity contribution is -0.120. The molecular formula is C16H24IN3O2. The van der Waals surface area contributed by atoms with Gasteiger partial charge in [-0.25, -0.2) is 0 Å². The fraction of sp³-hybridized carbons (Fsp3) is 0.500. The second-order valence-corrected chi connectivity index (χ2v) is 6.40. The molecule has 1 aromatic carbocycles. The first-order chi connectivity index (χ1) is 10.5. The molecule has 1 aromatic rings. The lowest BCUT2D eigenvalue weighted by Gasteiger charge is -2.24. The standard InChI is InChI=1S/C16H24IN3O2/c1-4-20(12(2)3)10-9-18-15(21)11-19-16(22)13-7-5-6-8-14(13)17/h5-8,12H,4,9-11H2,1-3H3,(H,18,21)(H,19,22). The van der Waals surface area contributed by atoms with Crippen molar-refractivity contribution in [2.45, 2.75) is 26.8 Å². The molecule has 0 saturated heterocycles. The highest BCUT2D eigenvalue weighted by molar-refractivity contribution is 14.1. The first kappa shape index (κ1) is 18.9. The van der Waals surface area contributed by atoms with Crippen molar-refractivity contribution >= 4 is 34.4 Å². The summed E-state index contributed by atoms with van der Waals surface area (Å²) in [6, 6.07) is 7.75. The van der Waals surface area contributed by atoms with Crippen LogP contribution < -0.4 is 10.6 Å². The van der Waals surface area contributed by atoms with E-state index in [1.165, 1.54) is 0 Å². The average Bonchev–Trinajstić information content (AvgIpc) is 2.49. The molecule has 2 amide bonds. The zero-order valence-corrected chi connectivity index (χ0v) is 15.5. The monoisotopic (exact) mass is 417 g/mol. The second kappa shape index (κ2) is 9.78. The van der Waals surface area contributed by atoms with Gasteiger partial charge >= 0.3 is 0 Å². The highest BCUT2D eigenvalue weighted by atomic mass is 127. The number of nitrogens with zero attached hydrogens (tertiary/aromatic N) is 1. The lowest BCUT2D eigenvalue weighted by Crippen LogP contribution is -2.42. The molecule has 0 aliphatic rings. The Morgan fingerprint density at radius 3 is 2.50 bits per heavy atom. The van der Waals surface area contributed by atoms with E-state index in [-0.39, 0.29) is 18.4 Å². The zero-order valence-electron chi connectivity index (χ0n) is 13.4. The van der Waals surface area contributed by atoms with Crippen LogP contribution in [0.1, 0.15) is 31.1 Å². The van der Waals surface area contributed by atoms with Crippen LogP contribution in [0.15, 0.2) is 24.3 Å². The number of halogens is 1. The molecule has 0 aromatic heterocycles. The maximum absolute atomic E-state index is 12.0.